The summed E-state index contributed by atoms with van der Waals surface area (Å²) in [5.74, 6) is 0.866. The predicted octanol–water partition coefficient (Wildman–Crippen LogP) is 3.30. The molecule has 1 aromatic heterocycles. The second kappa shape index (κ2) is 5.56. The average Bonchev–Trinajstić information content (AvgIpc) is 2.75. The summed E-state index contributed by atoms with van der Waals surface area (Å²) >= 11 is 0. The zero-order valence-electron chi connectivity index (χ0n) is 10.8. The molecule has 0 aliphatic carbocycles. The van der Waals surface area contributed by atoms with Crippen LogP contribution in [0.1, 0.15) is 18.4 Å². The lowest BCUT2D eigenvalue weighted by atomic mass is 10.2. The summed E-state index contributed by atoms with van der Waals surface area (Å²) in [7, 11) is 0. The van der Waals surface area contributed by atoms with Crippen molar-refractivity contribution in [3.63, 3.8) is 0 Å². The molecule has 0 aliphatic heterocycles. The van der Waals surface area contributed by atoms with Gasteiger partial charge in [0.2, 0.25) is 5.91 Å². The highest BCUT2D eigenvalue weighted by Gasteiger charge is 2.05. The van der Waals surface area contributed by atoms with Crippen molar-refractivity contribution >= 4 is 17.3 Å². The van der Waals surface area contributed by atoms with Crippen molar-refractivity contribution in [3.8, 4) is 0 Å². The van der Waals surface area contributed by atoms with Crippen molar-refractivity contribution in [2.45, 2.75) is 20.4 Å². The van der Waals surface area contributed by atoms with Crippen LogP contribution in [-0.2, 0) is 11.3 Å². The van der Waals surface area contributed by atoms with Gasteiger partial charge in [-0.1, -0.05) is 0 Å². The van der Waals surface area contributed by atoms with Gasteiger partial charge < -0.3 is 15.1 Å². The van der Waals surface area contributed by atoms with Gasteiger partial charge in [-0.25, -0.2) is 4.39 Å². The van der Waals surface area contributed by atoms with Gasteiger partial charge in [0.15, 0.2) is 0 Å². The van der Waals surface area contributed by atoms with Gasteiger partial charge in [-0.15, -0.1) is 0 Å². The normalized spacial score (nSPS) is 10.3. The maximum absolute atomic E-state index is 13.4. The number of hydrogen-bond acceptors (Lipinski definition) is 3. The number of anilines is 2. The second-order valence-corrected chi connectivity index (χ2v) is 4.24. The lowest BCUT2D eigenvalue weighted by Crippen LogP contribution is -2.08. The molecule has 0 aliphatic rings. The van der Waals surface area contributed by atoms with Gasteiger partial charge in [0, 0.05) is 12.6 Å². The van der Waals surface area contributed by atoms with Crippen LogP contribution in [0.15, 0.2) is 34.7 Å². The van der Waals surface area contributed by atoms with E-state index in [1.807, 2.05) is 19.1 Å². The maximum atomic E-state index is 13.4. The second-order valence-electron chi connectivity index (χ2n) is 4.24. The standard InChI is InChI=1S/C14H15FN2O2/c1-9-3-5-12(19-9)8-16-11-4-6-13(15)14(7-11)17-10(2)18/h3-7,16H,8H2,1-2H3,(H,17,18). The van der Waals surface area contributed by atoms with Gasteiger partial charge in [0.25, 0.3) is 0 Å². The van der Waals surface area contributed by atoms with Crippen LogP contribution in [0.2, 0.25) is 0 Å². The molecule has 0 saturated heterocycles. The molecule has 100 valence electrons. The molecule has 19 heavy (non-hydrogen) atoms. The van der Waals surface area contributed by atoms with Crippen molar-refractivity contribution < 1.29 is 13.6 Å². The number of halogens is 1. The number of rotatable bonds is 4. The molecular weight excluding hydrogens is 247 g/mol. The molecular formula is C14H15FN2O2. The Kier molecular flexibility index (Phi) is 3.85. The van der Waals surface area contributed by atoms with E-state index in [9.17, 15) is 9.18 Å². The third kappa shape index (κ3) is 3.58. The molecule has 0 spiro atoms. The first-order valence-corrected chi connectivity index (χ1v) is 5.91. The van der Waals surface area contributed by atoms with E-state index in [4.69, 9.17) is 4.42 Å². The monoisotopic (exact) mass is 262 g/mol. The van der Waals surface area contributed by atoms with Crippen LogP contribution in [0.4, 0.5) is 15.8 Å². The molecule has 0 unspecified atom stereocenters. The van der Waals surface area contributed by atoms with Crippen molar-refractivity contribution in [1.29, 1.82) is 0 Å². The number of hydrogen-bond donors (Lipinski definition) is 2. The van der Waals surface area contributed by atoms with Crippen molar-refractivity contribution in [1.82, 2.24) is 0 Å². The van der Waals surface area contributed by atoms with Crippen molar-refractivity contribution in [2.24, 2.45) is 0 Å². The Morgan fingerprint density at radius 1 is 1.32 bits per heavy atom. The third-order valence-corrected chi connectivity index (χ3v) is 2.54. The van der Waals surface area contributed by atoms with Gasteiger partial charge in [-0.3, -0.25) is 4.79 Å². The Labute approximate surface area is 110 Å². The summed E-state index contributed by atoms with van der Waals surface area (Å²) < 4.78 is 18.9. The number of benzene rings is 1. The molecule has 0 saturated carbocycles. The molecule has 1 heterocycles. The lowest BCUT2D eigenvalue weighted by molar-refractivity contribution is -0.114. The van der Waals surface area contributed by atoms with E-state index in [0.717, 1.165) is 11.5 Å². The quantitative estimate of drug-likeness (QED) is 0.888. The highest BCUT2D eigenvalue weighted by Crippen LogP contribution is 2.20. The number of aryl methyl sites for hydroxylation is 1. The van der Waals surface area contributed by atoms with Crippen LogP contribution < -0.4 is 10.6 Å². The lowest BCUT2D eigenvalue weighted by Gasteiger charge is -2.08. The summed E-state index contributed by atoms with van der Waals surface area (Å²) in [6, 6.07) is 8.22. The number of carbonyl (C=O) groups excluding carboxylic acids is 1. The molecule has 2 aromatic rings. The van der Waals surface area contributed by atoms with E-state index in [-0.39, 0.29) is 11.6 Å². The zero-order valence-corrected chi connectivity index (χ0v) is 10.8. The molecule has 0 bridgehead atoms. The smallest absolute Gasteiger partial charge is 0.221 e. The Morgan fingerprint density at radius 2 is 2.11 bits per heavy atom. The van der Waals surface area contributed by atoms with Crippen LogP contribution in [0.3, 0.4) is 0 Å². The van der Waals surface area contributed by atoms with Crippen LogP contribution in [-0.4, -0.2) is 5.91 Å². The Bertz CT molecular complexity index is 593. The van der Waals surface area contributed by atoms with Gasteiger partial charge in [0.05, 0.1) is 12.2 Å². The van der Waals surface area contributed by atoms with Crippen molar-refractivity contribution in [2.75, 3.05) is 10.6 Å². The van der Waals surface area contributed by atoms with Crippen LogP contribution in [0.25, 0.3) is 0 Å². The number of furan rings is 1. The van der Waals surface area contributed by atoms with E-state index in [1.165, 1.54) is 13.0 Å². The summed E-state index contributed by atoms with van der Waals surface area (Å²) in [5, 5.41) is 5.54. The molecule has 1 aromatic carbocycles. The molecule has 1 amide bonds. The topological polar surface area (TPSA) is 54.3 Å². The van der Waals surface area contributed by atoms with Crippen LogP contribution >= 0.6 is 0 Å². The minimum atomic E-state index is -0.463. The third-order valence-electron chi connectivity index (χ3n) is 2.54. The Hall–Kier alpha value is -2.30. The number of amides is 1. The fourth-order valence-corrected chi connectivity index (χ4v) is 1.69. The van der Waals surface area contributed by atoms with Gasteiger partial charge >= 0.3 is 0 Å². The molecule has 2 rings (SSSR count). The highest BCUT2D eigenvalue weighted by molar-refractivity contribution is 5.89. The highest BCUT2D eigenvalue weighted by atomic mass is 19.1. The summed E-state index contributed by atoms with van der Waals surface area (Å²) in [6.45, 7) is 3.71. The summed E-state index contributed by atoms with van der Waals surface area (Å²) in [4.78, 5) is 10.9. The SMILES string of the molecule is CC(=O)Nc1cc(NCc2ccc(C)o2)ccc1F. The fourth-order valence-electron chi connectivity index (χ4n) is 1.69. The molecule has 0 fully saturated rings. The fraction of sp³-hybridized carbons (Fsp3) is 0.214. The predicted molar refractivity (Wildman–Crippen MR) is 71.5 cm³/mol. The Balaban J connectivity index is 2.06. The van der Waals surface area contributed by atoms with E-state index in [0.29, 0.717) is 12.2 Å². The first-order valence-electron chi connectivity index (χ1n) is 5.91. The number of carbonyl (C=O) groups is 1. The van der Waals surface area contributed by atoms with E-state index in [1.54, 1.807) is 12.1 Å². The van der Waals surface area contributed by atoms with E-state index in [2.05, 4.69) is 10.6 Å². The Morgan fingerprint density at radius 3 is 2.74 bits per heavy atom. The molecule has 4 nitrogen and oxygen atoms in total. The summed E-state index contributed by atoms with van der Waals surface area (Å²) in [6.07, 6.45) is 0. The molecule has 0 atom stereocenters. The van der Waals surface area contributed by atoms with Gasteiger partial charge in [-0.05, 0) is 37.3 Å². The van der Waals surface area contributed by atoms with E-state index >= 15 is 0 Å². The largest absolute Gasteiger partial charge is 0.465 e. The summed E-state index contributed by atoms with van der Waals surface area (Å²) in [5.41, 5.74) is 0.868. The van der Waals surface area contributed by atoms with Gasteiger partial charge in [0.1, 0.15) is 17.3 Å². The van der Waals surface area contributed by atoms with Crippen LogP contribution in [0.5, 0.6) is 0 Å². The van der Waals surface area contributed by atoms with Crippen LogP contribution in [0, 0.1) is 12.7 Å². The number of nitrogens with one attached hydrogen (secondary N) is 2. The minimum absolute atomic E-state index is 0.160. The minimum Gasteiger partial charge on any atom is -0.465 e. The zero-order chi connectivity index (χ0) is 13.8. The van der Waals surface area contributed by atoms with Crippen molar-refractivity contribution in [3.05, 3.63) is 47.7 Å². The maximum Gasteiger partial charge on any atom is 0.221 e. The van der Waals surface area contributed by atoms with E-state index < -0.39 is 5.82 Å². The molecule has 5 heteroatoms. The average molecular weight is 262 g/mol. The molecule has 2 N–H and O–H groups in total. The van der Waals surface area contributed by atoms with Gasteiger partial charge in [-0.2, -0.15) is 0 Å². The molecule has 0 radical (unpaired) electrons. The first kappa shape index (κ1) is 13.1. The first-order chi connectivity index (χ1) is 9.04.